The molecule has 6 nitrogen and oxygen atoms in total. The van der Waals surface area contributed by atoms with Gasteiger partial charge < -0.3 is 10.2 Å². The molecule has 0 amide bonds. The Labute approximate surface area is 105 Å². The van der Waals surface area contributed by atoms with Crippen molar-refractivity contribution in [3.63, 3.8) is 0 Å². The molecule has 1 rings (SSSR count). The molecule has 100 valence electrons. The van der Waals surface area contributed by atoms with E-state index in [4.69, 9.17) is 10.2 Å². The molecular formula is C11H15NO5S. The number of hydrogen-bond acceptors (Lipinski definition) is 4. The summed E-state index contributed by atoms with van der Waals surface area (Å²) < 4.78 is 25.0. The number of rotatable bonds is 7. The molecule has 18 heavy (non-hydrogen) atoms. The Morgan fingerprint density at radius 3 is 2.39 bits per heavy atom. The number of benzene rings is 1. The van der Waals surface area contributed by atoms with Crippen LogP contribution in [-0.4, -0.2) is 43.0 Å². The maximum atomic E-state index is 11.4. The number of carboxylic acids is 1. The molecule has 7 heteroatoms. The van der Waals surface area contributed by atoms with Gasteiger partial charge in [0.1, 0.15) is 0 Å². The predicted octanol–water partition coefficient (Wildman–Crippen LogP) is -0.406. The standard InChI is InChI=1S/C11H15NO5S/c13-7-10(6-9-4-2-1-3-5-9)12-18(16,17)8-11(14)15/h1-5,10,12-13H,6-8H2,(H,14,15). The van der Waals surface area contributed by atoms with E-state index in [0.717, 1.165) is 5.56 Å². The van der Waals surface area contributed by atoms with Crippen LogP contribution in [0.2, 0.25) is 0 Å². The van der Waals surface area contributed by atoms with Gasteiger partial charge in [0.15, 0.2) is 5.75 Å². The third-order valence-electron chi connectivity index (χ3n) is 2.21. The highest BCUT2D eigenvalue weighted by Crippen LogP contribution is 2.04. The van der Waals surface area contributed by atoms with Crippen molar-refractivity contribution in [2.24, 2.45) is 0 Å². The number of aliphatic hydroxyl groups excluding tert-OH is 1. The maximum absolute atomic E-state index is 11.4. The van der Waals surface area contributed by atoms with Crippen molar-refractivity contribution in [2.45, 2.75) is 12.5 Å². The van der Waals surface area contributed by atoms with Gasteiger partial charge in [0, 0.05) is 6.04 Å². The van der Waals surface area contributed by atoms with Gasteiger partial charge >= 0.3 is 5.97 Å². The first-order chi connectivity index (χ1) is 8.43. The highest BCUT2D eigenvalue weighted by Gasteiger charge is 2.20. The summed E-state index contributed by atoms with van der Waals surface area (Å²) in [6, 6.07) is 8.30. The molecule has 1 aromatic carbocycles. The number of carbonyl (C=O) groups is 1. The van der Waals surface area contributed by atoms with E-state index in [0.29, 0.717) is 6.42 Å². The second kappa shape index (κ2) is 6.48. The number of aliphatic carboxylic acids is 1. The van der Waals surface area contributed by atoms with E-state index in [1.54, 1.807) is 24.3 Å². The lowest BCUT2D eigenvalue weighted by atomic mass is 10.1. The normalized spacial score (nSPS) is 13.2. The van der Waals surface area contributed by atoms with Crippen LogP contribution in [0.15, 0.2) is 30.3 Å². The van der Waals surface area contributed by atoms with Gasteiger partial charge in [0.05, 0.1) is 6.61 Å². The Bertz CT molecular complexity index is 485. The molecule has 0 radical (unpaired) electrons. The van der Waals surface area contributed by atoms with E-state index in [1.807, 2.05) is 6.07 Å². The molecule has 1 unspecified atom stereocenters. The van der Waals surface area contributed by atoms with Gasteiger partial charge in [-0.3, -0.25) is 4.79 Å². The Hall–Kier alpha value is -1.44. The quantitative estimate of drug-likeness (QED) is 0.627. The van der Waals surface area contributed by atoms with Gasteiger partial charge in [-0.15, -0.1) is 0 Å². The second-order valence-electron chi connectivity index (χ2n) is 3.84. The van der Waals surface area contributed by atoms with Crippen molar-refractivity contribution in [3.8, 4) is 0 Å². The number of hydrogen-bond donors (Lipinski definition) is 3. The first kappa shape index (κ1) is 14.6. The third-order valence-corrected chi connectivity index (χ3v) is 3.52. The smallest absolute Gasteiger partial charge is 0.320 e. The summed E-state index contributed by atoms with van der Waals surface area (Å²) in [7, 11) is -3.92. The summed E-state index contributed by atoms with van der Waals surface area (Å²) in [5, 5.41) is 17.6. The fourth-order valence-corrected chi connectivity index (χ4v) is 2.57. The number of carboxylic acid groups (broad SMARTS) is 1. The predicted molar refractivity (Wildman–Crippen MR) is 65.6 cm³/mol. The molecule has 0 fully saturated rings. The summed E-state index contributed by atoms with van der Waals surface area (Å²) in [5.74, 6) is -2.43. The van der Waals surface area contributed by atoms with E-state index in [2.05, 4.69) is 4.72 Å². The minimum Gasteiger partial charge on any atom is -0.480 e. The van der Waals surface area contributed by atoms with Crippen LogP contribution in [0.1, 0.15) is 5.56 Å². The summed E-state index contributed by atoms with van der Waals surface area (Å²) in [6.45, 7) is -0.395. The van der Waals surface area contributed by atoms with Crippen LogP contribution in [0.3, 0.4) is 0 Å². The lowest BCUT2D eigenvalue weighted by molar-refractivity contribution is -0.134. The molecule has 0 aliphatic rings. The van der Waals surface area contributed by atoms with Crippen LogP contribution < -0.4 is 4.72 Å². The van der Waals surface area contributed by atoms with E-state index in [9.17, 15) is 13.2 Å². The molecule has 1 aromatic rings. The summed E-state index contributed by atoms with van der Waals surface area (Å²) in [6.07, 6.45) is 0.302. The molecule has 1 atom stereocenters. The topological polar surface area (TPSA) is 104 Å². The van der Waals surface area contributed by atoms with Gasteiger partial charge in [-0.2, -0.15) is 0 Å². The number of sulfonamides is 1. The van der Waals surface area contributed by atoms with Crippen LogP contribution in [-0.2, 0) is 21.2 Å². The second-order valence-corrected chi connectivity index (χ2v) is 5.59. The van der Waals surface area contributed by atoms with Crippen LogP contribution >= 0.6 is 0 Å². The minimum atomic E-state index is -3.92. The van der Waals surface area contributed by atoms with Crippen LogP contribution in [0.4, 0.5) is 0 Å². The Morgan fingerprint density at radius 1 is 1.28 bits per heavy atom. The number of nitrogens with one attached hydrogen (secondary N) is 1. The molecule has 0 spiro atoms. The first-order valence-electron chi connectivity index (χ1n) is 5.29. The van der Waals surface area contributed by atoms with Crippen molar-refractivity contribution in [3.05, 3.63) is 35.9 Å². The van der Waals surface area contributed by atoms with E-state index in [-0.39, 0.29) is 0 Å². The lowest BCUT2D eigenvalue weighted by Gasteiger charge is -2.15. The van der Waals surface area contributed by atoms with E-state index < -0.39 is 34.4 Å². The molecule has 0 saturated heterocycles. The van der Waals surface area contributed by atoms with E-state index in [1.165, 1.54) is 0 Å². The SMILES string of the molecule is O=C(O)CS(=O)(=O)NC(CO)Cc1ccccc1. The summed E-state index contributed by atoms with van der Waals surface area (Å²) in [4.78, 5) is 10.4. The molecule has 0 saturated carbocycles. The molecule has 0 aliphatic heterocycles. The van der Waals surface area contributed by atoms with Crippen molar-refractivity contribution >= 4 is 16.0 Å². The highest BCUT2D eigenvalue weighted by molar-refractivity contribution is 7.90. The van der Waals surface area contributed by atoms with Gasteiger partial charge in [0.25, 0.3) is 0 Å². The Morgan fingerprint density at radius 2 is 1.89 bits per heavy atom. The largest absolute Gasteiger partial charge is 0.480 e. The summed E-state index contributed by atoms with van der Waals surface area (Å²) >= 11 is 0. The van der Waals surface area contributed by atoms with Crippen molar-refractivity contribution in [1.29, 1.82) is 0 Å². The van der Waals surface area contributed by atoms with Crippen LogP contribution in [0, 0.1) is 0 Å². The van der Waals surface area contributed by atoms with Crippen molar-refractivity contribution in [1.82, 2.24) is 4.72 Å². The molecule has 0 aliphatic carbocycles. The zero-order valence-electron chi connectivity index (χ0n) is 9.61. The number of aliphatic hydroxyl groups is 1. The third kappa shape index (κ3) is 5.26. The Kier molecular flexibility index (Phi) is 5.26. The van der Waals surface area contributed by atoms with Gasteiger partial charge in [-0.1, -0.05) is 30.3 Å². The van der Waals surface area contributed by atoms with Crippen molar-refractivity contribution < 1.29 is 23.4 Å². The molecule has 3 N–H and O–H groups in total. The minimum absolute atomic E-state index is 0.302. The molecule has 0 aromatic heterocycles. The summed E-state index contributed by atoms with van der Waals surface area (Å²) in [5.41, 5.74) is 0.856. The zero-order chi connectivity index (χ0) is 13.6. The average molecular weight is 273 g/mol. The first-order valence-corrected chi connectivity index (χ1v) is 6.95. The van der Waals surface area contributed by atoms with E-state index >= 15 is 0 Å². The average Bonchev–Trinajstić information content (AvgIpc) is 2.27. The Balaban J connectivity index is 2.65. The van der Waals surface area contributed by atoms with Crippen molar-refractivity contribution in [2.75, 3.05) is 12.4 Å². The molecule has 0 heterocycles. The van der Waals surface area contributed by atoms with Gasteiger partial charge in [-0.05, 0) is 12.0 Å². The monoisotopic (exact) mass is 273 g/mol. The fraction of sp³-hybridized carbons (Fsp3) is 0.364. The lowest BCUT2D eigenvalue weighted by Crippen LogP contribution is -2.41. The molecular weight excluding hydrogens is 258 g/mol. The van der Waals surface area contributed by atoms with Crippen LogP contribution in [0.25, 0.3) is 0 Å². The van der Waals surface area contributed by atoms with Gasteiger partial charge in [0.2, 0.25) is 10.0 Å². The molecule has 0 bridgehead atoms. The van der Waals surface area contributed by atoms with Crippen LogP contribution in [0.5, 0.6) is 0 Å². The van der Waals surface area contributed by atoms with Gasteiger partial charge in [-0.25, -0.2) is 13.1 Å². The highest BCUT2D eigenvalue weighted by atomic mass is 32.2. The fourth-order valence-electron chi connectivity index (χ4n) is 1.50. The maximum Gasteiger partial charge on any atom is 0.320 e. The zero-order valence-corrected chi connectivity index (χ0v) is 10.4.